The van der Waals surface area contributed by atoms with Gasteiger partial charge >= 0.3 is 0 Å². The summed E-state index contributed by atoms with van der Waals surface area (Å²) in [5, 5.41) is -0.101. The molecule has 1 heterocycles. The normalized spacial score (nSPS) is 17.9. The van der Waals surface area contributed by atoms with E-state index in [9.17, 15) is 4.79 Å². The molecule has 1 atom stereocenters. The molecule has 0 N–H and O–H groups in total. The molecular weight excluding hydrogens is 366 g/mol. The highest BCUT2D eigenvalue weighted by molar-refractivity contribution is 8.05. The van der Waals surface area contributed by atoms with E-state index in [1.807, 2.05) is 65.6 Å². The Morgan fingerprint density at radius 2 is 1.61 bits per heavy atom. The molecule has 4 heteroatoms. The molecule has 1 saturated heterocycles. The minimum Gasteiger partial charge on any atom is -0.497 e. The molecule has 0 radical (unpaired) electrons. The smallest absolute Gasteiger partial charge is 0.266 e. The Balaban J connectivity index is 1.75. The van der Waals surface area contributed by atoms with Crippen molar-refractivity contribution < 1.29 is 9.53 Å². The predicted octanol–water partition coefficient (Wildman–Crippen LogP) is 5.82. The first-order chi connectivity index (χ1) is 13.7. The second-order valence-electron chi connectivity index (χ2n) is 6.67. The van der Waals surface area contributed by atoms with Gasteiger partial charge in [0.15, 0.2) is 0 Å². The molecule has 1 amide bonds. The maximum atomic E-state index is 13.3. The molecule has 28 heavy (non-hydrogen) atoms. The van der Waals surface area contributed by atoms with Crippen LogP contribution in [0.3, 0.4) is 0 Å². The van der Waals surface area contributed by atoms with E-state index < -0.39 is 0 Å². The van der Waals surface area contributed by atoms with Gasteiger partial charge in [0.25, 0.3) is 5.91 Å². The van der Waals surface area contributed by atoms with Gasteiger partial charge in [0.2, 0.25) is 0 Å². The Morgan fingerprint density at radius 3 is 2.25 bits per heavy atom. The van der Waals surface area contributed by atoms with Gasteiger partial charge in [-0.15, -0.1) is 0 Å². The van der Waals surface area contributed by atoms with Gasteiger partial charge in [0, 0.05) is 5.69 Å². The van der Waals surface area contributed by atoms with Crippen molar-refractivity contribution in [1.82, 2.24) is 0 Å². The van der Waals surface area contributed by atoms with Crippen molar-refractivity contribution >= 4 is 29.4 Å². The zero-order valence-electron chi connectivity index (χ0n) is 15.8. The number of carbonyl (C=O) groups excluding carboxylic acids is 1. The molecule has 1 fully saturated rings. The van der Waals surface area contributed by atoms with Crippen LogP contribution < -0.4 is 9.64 Å². The Morgan fingerprint density at radius 1 is 0.929 bits per heavy atom. The van der Waals surface area contributed by atoms with Crippen LogP contribution >= 0.6 is 11.8 Å². The third-order valence-electron chi connectivity index (χ3n) is 4.71. The molecule has 0 spiro atoms. The standard InChI is InChI=1S/C24H21NO2S/c1-17-8-10-19(11-9-17)24-25(20-12-14-21(27-2)15-13-20)23(26)22(28-24)16-18-6-4-3-5-7-18/h3-16,24H,1-2H3/b22-16+/t24-/m1/s1. The summed E-state index contributed by atoms with van der Waals surface area (Å²) in [5.74, 6) is 0.791. The first kappa shape index (κ1) is 18.4. The van der Waals surface area contributed by atoms with Crippen molar-refractivity contribution in [2.75, 3.05) is 12.0 Å². The van der Waals surface area contributed by atoms with E-state index in [-0.39, 0.29) is 11.3 Å². The van der Waals surface area contributed by atoms with Gasteiger partial charge in [-0.05, 0) is 48.4 Å². The lowest BCUT2D eigenvalue weighted by Gasteiger charge is -2.24. The second kappa shape index (κ2) is 7.95. The monoisotopic (exact) mass is 387 g/mol. The van der Waals surface area contributed by atoms with Gasteiger partial charge in [-0.2, -0.15) is 0 Å². The third-order valence-corrected chi connectivity index (χ3v) is 5.97. The lowest BCUT2D eigenvalue weighted by atomic mass is 10.1. The van der Waals surface area contributed by atoms with Gasteiger partial charge in [0.05, 0.1) is 12.0 Å². The number of anilines is 1. The van der Waals surface area contributed by atoms with Gasteiger partial charge in [-0.25, -0.2) is 0 Å². The number of rotatable bonds is 4. The number of hydrogen-bond donors (Lipinski definition) is 0. The lowest BCUT2D eigenvalue weighted by Crippen LogP contribution is -2.27. The molecular formula is C24H21NO2S. The Bertz CT molecular complexity index is 995. The molecule has 4 rings (SSSR count). The highest BCUT2D eigenvalue weighted by Gasteiger charge is 2.38. The van der Waals surface area contributed by atoms with E-state index in [4.69, 9.17) is 4.74 Å². The number of benzene rings is 3. The topological polar surface area (TPSA) is 29.5 Å². The largest absolute Gasteiger partial charge is 0.497 e. The molecule has 3 nitrogen and oxygen atoms in total. The van der Waals surface area contributed by atoms with Crippen LogP contribution in [0.25, 0.3) is 6.08 Å². The van der Waals surface area contributed by atoms with Crippen molar-refractivity contribution in [3.8, 4) is 5.75 Å². The number of methoxy groups -OCH3 is 1. The fraction of sp³-hybridized carbons (Fsp3) is 0.125. The van der Waals surface area contributed by atoms with Crippen LogP contribution in [0.2, 0.25) is 0 Å². The van der Waals surface area contributed by atoms with Crippen molar-refractivity contribution in [2.24, 2.45) is 0 Å². The van der Waals surface area contributed by atoms with Crippen LogP contribution in [0.4, 0.5) is 5.69 Å². The summed E-state index contributed by atoms with van der Waals surface area (Å²) in [6.07, 6.45) is 1.97. The fourth-order valence-corrected chi connectivity index (χ4v) is 4.45. The molecule has 1 aliphatic rings. The average molecular weight is 388 g/mol. The molecule has 0 aromatic heterocycles. The summed E-state index contributed by atoms with van der Waals surface area (Å²) in [6, 6.07) is 26.0. The van der Waals surface area contributed by atoms with Gasteiger partial charge in [-0.3, -0.25) is 9.69 Å². The quantitative estimate of drug-likeness (QED) is 0.528. The molecule has 0 saturated carbocycles. The van der Waals surface area contributed by atoms with Crippen molar-refractivity contribution in [2.45, 2.75) is 12.3 Å². The first-order valence-corrected chi connectivity index (χ1v) is 10.0. The maximum absolute atomic E-state index is 13.3. The highest BCUT2D eigenvalue weighted by atomic mass is 32.2. The number of aryl methyl sites for hydroxylation is 1. The van der Waals surface area contributed by atoms with Crippen LogP contribution in [0.15, 0.2) is 83.8 Å². The van der Waals surface area contributed by atoms with Crippen molar-refractivity contribution in [3.05, 3.63) is 100 Å². The van der Waals surface area contributed by atoms with E-state index >= 15 is 0 Å². The molecule has 1 aliphatic heterocycles. The number of amides is 1. The molecule has 0 aliphatic carbocycles. The lowest BCUT2D eigenvalue weighted by molar-refractivity contribution is -0.114. The number of ether oxygens (including phenoxy) is 1. The number of hydrogen-bond acceptors (Lipinski definition) is 3. The van der Waals surface area contributed by atoms with E-state index in [2.05, 4.69) is 31.2 Å². The SMILES string of the molecule is COc1ccc(N2C(=O)/C(=C\c3ccccc3)S[C@@H]2c2ccc(C)cc2)cc1. The van der Waals surface area contributed by atoms with Crippen LogP contribution in [0.5, 0.6) is 5.75 Å². The molecule has 3 aromatic carbocycles. The van der Waals surface area contributed by atoms with Gasteiger partial charge < -0.3 is 4.74 Å². The zero-order chi connectivity index (χ0) is 19.5. The Hall–Kier alpha value is -2.98. The Kier molecular flexibility index (Phi) is 5.22. The average Bonchev–Trinajstić information content (AvgIpc) is 3.05. The molecule has 140 valence electrons. The number of thioether (sulfide) groups is 1. The summed E-state index contributed by atoms with van der Waals surface area (Å²) < 4.78 is 5.26. The molecule has 3 aromatic rings. The third kappa shape index (κ3) is 3.69. The van der Waals surface area contributed by atoms with E-state index in [0.29, 0.717) is 0 Å². The van der Waals surface area contributed by atoms with E-state index in [1.54, 1.807) is 18.9 Å². The van der Waals surface area contributed by atoms with Crippen molar-refractivity contribution in [1.29, 1.82) is 0 Å². The van der Waals surface area contributed by atoms with Crippen LogP contribution in [0.1, 0.15) is 22.1 Å². The van der Waals surface area contributed by atoms with E-state index in [1.165, 1.54) is 5.56 Å². The minimum atomic E-state index is -0.101. The van der Waals surface area contributed by atoms with Crippen LogP contribution in [0, 0.1) is 6.92 Å². The maximum Gasteiger partial charge on any atom is 0.266 e. The summed E-state index contributed by atoms with van der Waals surface area (Å²) in [4.78, 5) is 15.9. The van der Waals surface area contributed by atoms with E-state index in [0.717, 1.165) is 27.5 Å². The van der Waals surface area contributed by atoms with Crippen LogP contribution in [-0.4, -0.2) is 13.0 Å². The summed E-state index contributed by atoms with van der Waals surface area (Å²) in [5.41, 5.74) is 4.20. The zero-order valence-corrected chi connectivity index (χ0v) is 16.6. The highest BCUT2D eigenvalue weighted by Crippen LogP contribution is 2.48. The van der Waals surface area contributed by atoms with Gasteiger partial charge in [0.1, 0.15) is 11.1 Å². The second-order valence-corrected chi connectivity index (χ2v) is 7.80. The number of carbonyl (C=O) groups is 1. The van der Waals surface area contributed by atoms with Gasteiger partial charge in [-0.1, -0.05) is 71.9 Å². The minimum absolute atomic E-state index is 0.0181. The predicted molar refractivity (Wildman–Crippen MR) is 116 cm³/mol. The summed E-state index contributed by atoms with van der Waals surface area (Å²) >= 11 is 1.59. The summed E-state index contributed by atoms with van der Waals surface area (Å²) in [7, 11) is 1.64. The Labute approximate surface area is 169 Å². The number of nitrogens with zero attached hydrogens (tertiary/aromatic N) is 1. The van der Waals surface area contributed by atoms with Crippen molar-refractivity contribution in [3.63, 3.8) is 0 Å². The first-order valence-electron chi connectivity index (χ1n) is 9.13. The molecule has 0 bridgehead atoms. The fourth-order valence-electron chi connectivity index (χ4n) is 3.19. The molecule has 0 unspecified atom stereocenters. The summed E-state index contributed by atoms with van der Waals surface area (Å²) in [6.45, 7) is 2.07. The van der Waals surface area contributed by atoms with Crippen LogP contribution in [-0.2, 0) is 4.79 Å².